The largest absolute Gasteiger partial charge is 0.354 e. The molecule has 6 nitrogen and oxygen atoms in total. The van der Waals surface area contributed by atoms with Crippen molar-refractivity contribution in [3.8, 4) is 11.4 Å². The summed E-state index contributed by atoms with van der Waals surface area (Å²) in [4.78, 5) is 12.5. The molecule has 2 heterocycles. The Bertz CT molecular complexity index is 699. The van der Waals surface area contributed by atoms with Crippen LogP contribution in [0, 0.1) is 0 Å². The van der Waals surface area contributed by atoms with E-state index in [1.165, 1.54) is 0 Å². The highest BCUT2D eigenvalue weighted by atomic mass is 35.5. The van der Waals surface area contributed by atoms with Gasteiger partial charge in [0.2, 0.25) is 17.7 Å². The summed E-state index contributed by atoms with van der Waals surface area (Å²) in [5.74, 6) is 1.69. The second kappa shape index (κ2) is 6.32. The van der Waals surface area contributed by atoms with Crippen LogP contribution in [0.5, 0.6) is 0 Å². The fraction of sp³-hybridized carbons (Fsp3) is 0.143. The minimum Gasteiger partial charge on any atom is -0.354 e. The molecule has 2 aromatic heterocycles. The summed E-state index contributed by atoms with van der Waals surface area (Å²) in [5.41, 5.74) is 0.869. The van der Waals surface area contributed by atoms with Crippen molar-refractivity contribution in [1.82, 2.24) is 20.1 Å². The van der Waals surface area contributed by atoms with Crippen LogP contribution in [0.4, 0.5) is 5.95 Å². The molecule has 0 aliphatic carbocycles. The van der Waals surface area contributed by atoms with E-state index in [2.05, 4.69) is 25.4 Å². The molecule has 3 rings (SSSR count). The first-order valence-corrected chi connectivity index (χ1v) is 6.78. The zero-order chi connectivity index (χ0) is 14.5. The summed E-state index contributed by atoms with van der Waals surface area (Å²) in [6.45, 7) is 0.617. The van der Waals surface area contributed by atoms with Crippen LogP contribution in [0.25, 0.3) is 11.4 Å². The Kier molecular flexibility index (Phi) is 4.07. The molecule has 0 fully saturated rings. The number of halogens is 1. The second-order valence-electron chi connectivity index (χ2n) is 4.27. The summed E-state index contributed by atoms with van der Waals surface area (Å²) in [6, 6.07) is 9.06. The van der Waals surface area contributed by atoms with Crippen molar-refractivity contribution in [3.63, 3.8) is 0 Å². The number of nitrogens with one attached hydrogen (secondary N) is 1. The fourth-order valence-electron chi connectivity index (χ4n) is 1.74. The lowest BCUT2D eigenvalue weighted by Gasteiger charge is -2.00. The summed E-state index contributed by atoms with van der Waals surface area (Å²) in [5, 5.41) is 7.71. The monoisotopic (exact) mass is 301 g/mol. The summed E-state index contributed by atoms with van der Waals surface area (Å²) < 4.78 is 5.21. The molecule has 21 heavy (non-hydrogen) atoms. The van der Waals surface area contributed by atoms with Crippen LogP contribution in [0.15, 0.2) is 47.2 Å². The van der Waals surface area contributed by atoms with Crippen LogP contribution in [0.2, 0.25) is 5.02 Å². The first kappa shape index (κ1) is 13.5. The highest BCUT2D eigenvalue weighted by molar-refractivity contribution is 6.30. The molecule has 1 aromatic carbocycles. The number of aromatic nitrogens is 4. The number of hydrogen-bond donors (Lipinski definition) is 1. The molecule has 0 bridgehead atoms. The standard InChI is InChI=1S/C14H12ClN5O/c15-11-4-2-10(3-5-11)13-19-12(21-20-13)6-9-18-14-16-7-1-8-17-14/h1-5,7-8H,6,9H2,(H,16,17,18). The van der Waals surface area contributed by atoms with E-state index < -0.39 is 0 Å². The van der Waals surface area contributed by atoms with Gasteiger partial charge >= 0.3 is 0 Å². The van der Waals surface area contributed by atoms with Gasteiger partial charge in [0.25, 0.3) is 0 Å². The van der Waals surface area contributed by atoms with Gasteiger partial charge in [0.1, 0.15) is 0 Å². The van der Waals surface area contributed by atoms with Gasteiger partial charge in [0.05, 0.1) is 0 Å². The molecule has 0 unspecified atom stereocenters. The Morgan fingerprint density at radius 3 is 2.62 bits per heavy atom. The van der Waals surface area contributed by atoms with Gasteiger partial charge in [-0.25, -0.2) is 9.97 Å². The number of rotatable bonds is 5. The molecule has 0 atom stereocenters. The minimum atomic E-state index is 0.553. The van der Waals surface area contributed by atoms with E-state index in [1.54, 1.807) is 30.6 Å². The predicted molar refractivity (Wildman–Crippen MR) is 79.0 cm³/mol. The van der Waals surface area contributed by atoms with Crippen molar-refractivity contribution in [3.05, 3.63) is 53.6 Å². The predicted octanol–water partition coefficient (Wildman–Crippen LogP) is 2.83. The van der Waals surface area contributed by atoms with E-state index in [-0.39, 0.29) is 0 Å². The van der Waals surface area contributed by atoms with Crippen LogP contribution >= 0.6 is 11.6 Å². The van der Waals surface area contributed by atoms with Crippen molar-refractivity contribution >= 4 is 17.5 Å². The molecule has 0 spiro atoms. The van der Waals surface area contributed by atoms with Crippen molar-refractivity contribution < 1.29 is 4.52 Å². The highest BCUT2D eigenvalue weighted by Gasteiger charge is 2.08. The van der Waals surface area contributed by atoms with Crippen molar-refractivity contribution in [2.24, 2.45) is 0 Å². The lowest BCUT2D eigenvalue weighted by molar-refractivity contribution is 0.381. The zero-order valence-electron chi connectivity index (χ0n) is 11.0. The van der Waals surface area contributed by atoms with Crippen LogP contribution < -0.4 is 5.32 Å². The zero-order valence-corrected chi connectivity index (χ0v) is 11.8. The van der Waals surface area contributed by atoms with Gasteiger partial charge in [-0.1, -0.05) is 16.8 Å². The van der Waals surface area contributed by atoms with Gasteiger partial charge in [0.15, 0.2) is 0 Å². The Labute approximate surface area is 126 Å². The first-order valence-electron chi connectivity index (χ1n) is 6.41. The fourth-order valence-corrected chi connectivity index (χ4v) is 1.87. The van der Waals surface area contributed by atoms with Crippen LogP contribution in [-0.2, 0) is 6.42 Å². The maximum absolute atomic E-state index is 5.85. The molecule has 0 saturated heterocycles. The third-order valence-corrected chi connectivity index (χ3v) is 3.01. The Balaban J connectivity index is 1.59. The van der Waals surface area contributed by atoms with Gasteiger partial charge in [0, 0.05) is 35.9 Å². The van der Waals surface area contributed by atoms with Crippen molar-refractivity contribution in [2.75, 3.05) is 11.9 Å². The van der Waals surface area contributed by atoms with E-state index in [4.69, 9.17) is 16.1 Å². The summed E-state index contributed by atoms with van der Waals surface area (Å²) in [7, 11) is 0. The van der Waals surface area contributed by atoms with Crippen molar-refractivity contribution in [1.29, 1.82) is 0 Å². The van der Waals surface area contributed by atoms with Gasteiger partial charge in [-0.2, -0.15) is 4.98 Å². The number of hydrogen-bond acceptors (Lipinski definition) is 6. The average molecular weight is 302 g/mol. The molecule has 1 N–H and O–H groups in total. The second-order valence-corrected chi connectivity index (χ2v) is 4.70. The molecule has 0 saturated carbocycles. The normalized spacial score (nSPS) is 10.5. The number of anilines is 1. The Morgan fingerprint density at radius 1 is 1.10 bits per heavy atom. The quantitative estimate of drug-likeness (QED) is 0.781. The minimum absolute atomic E-state index is 0.553. The van der Waals surface area contributed by atoms with Crippen LogP contribution in [0.3, 0.4) is 0 Å². The van der Waals surface area contributed by atoms with E-state index >= 15 is 0 Å². The topological polar surface area (TPSA) is 76.7 Å². The molecule has 0 aliphatic heterocycles. The smallest absolute Gasteiger partial charge is 0.228 e. The first-order chi connectivity index (χ1) is 10.3. The van der Waals surface area contributed by atoms with E-state index in [1.807, 2.05) is 12.1 Å². The molecular weight excluding hydrogens is 290 g/mol. The van der Waals surface area contributed by atoms with Crippen molar-refractivity contribution in [2.45, 2.75) is 6.42 Å². The third-order valence-electron chi connectivity index (χ3n) is 2.76. The maximum atomic E-state index is 5.85. The van der Waals surface area contributed by atoms with Gasteiger partial charge in [-0.3, -0.25) is 0 Å². The Hall–Kier alpha value is -2.47. The van der Waals surface area contributed by atoms with Crippen LogP contribution in [0.1, 0.15) is 5.89 Å². The van der Waals surface area contributed by atoms with Gasteiger partial charge in [-0.05, 0) is 30.3 Å². The maximum Gasteiger partial charge on any atom is 0.228 e. The molecule has 106 valence electrons. The lowest BCUT2D eigenvalue weighted by Crippen LogP contribution is -2.07. The summed E-state index contributed by atoms with van der Waals surface area (Å²) in [6.07, 6.45) is 3.96. The third kappa shape index (κ3) is 3.55. The van der Waals surface area contributed by atoms with Gasteiger partial charge < -0.3 is 9.84 Å². The molecular formula is C14H12ClN5O. The summed E-state index contributed by atoms with van der Waals surface area (Å²) >= 11 is 5.85. The molecule has 0 radical (unpaired) electrons. The SMILES string of the molecule is Clc1ccc(-c2noc(CCNc3ncccn3)n2)cc1. The van der Waals surface area contributed by atoms with E-state index in [0.29, 0.717) is 35.7 Å². The average Bonchev–Trinajstić information content (AvgIpc) is 2.98. The van der Waals surface area contributed by atoms with Gasteiger partial charge in [-0.15, -0.1) is 0 Å². The Morgan fingerprint density at radius 2 is 1.86 bits per heavy atom. The highest BCUT2D eigenvalue weighted by Crippen LogP contribution is 2.18. The number of benzene rings is 1. The van der Waals surface area contributed by atoms with E-state index in [9.17, 15) is 0 Å². The van der Waals surface area contributed by atoms with E-state index in [0.717, 1.165) is 5.56 Å². The number of nitrogens with zero attached hydrogens (tertiary/aromatic N) is 4. The molecule has 3 aromatic rings. The molecule has 7 heteroatoms. The molecule has 0 aliphatic rings. The van der Waals surface area contributed by atoms with Crippen LogP contribution in [-0.4, -0.2) is 26.7 Å². The molecule has 0 amide bonds. The lowest BCUT2D eigenvalue weighted by atomic mass is 10.2.